The molecule has 2 heterocycles. The molecule has 0 radical (unpaired) electrons. The maximum Gasteiger partial charge on any atom is 0.293 e. The molecule has 2 aromatic carbocycles. The maximum absolute atomic E-state index is 12.3. The van der Waals surface area contributed by atoms with Crippen LogP contribution in [0.2, 0.25) is 0 Å². The second-order valence-corrected chi connectivity index (χ2v) is 6.92. The summed E-state index contributed by atoms with van der Waals surface area (Å²) in [6.07, 6.45) is 0. The summed E-state index contributed by atoms with van der Waals surface area (Å²) in [5, 5.41) is 17.5. The van der Waals surface area contributed by atoms with Crippen LogP contribution in [-0.2, 0) is 0 Å². The molecule has 1 amide bonds. The highest BCUT2D eigenvalue weighted by molar-refractivity contribution is 7.80. The lowest BCUT2D eigenvalue weighted by atomic mass is 10.2. The number of nitro benzene ring substituents is 1. The quantitative estimate of drug-likeness (QED) is 0.304. The van der Waals surface area contributed by atoms with E-state index < -0.39 is 10.8 Å². The van der Waals surface area contributed by atoms with Crippen molar-refractivity contribution in [2.75, 3.05) is 5.32 Å². The zero-order valence-corrected chi connectivity index (χ0v) is 15.1. The van der Waals surface area contributed by atoms with E-state index in [-0.39, 0.29) is 16.6 Å². The molecule has 4 aromatic rings. The van der Waals surface area contributed by atoms with Gasteiger partial charge in [-0.15, -0.1) is 0 Å². The van der Waals surface area contributed by atoms with E-state index in [1.165, 1.54) is 23.5 Å². The summed E-state index contributed by atoms with van der Waals surface area (Å²) in [7, 11) is 0. The third kappa shape index (κ3) is 3.48. The van der Waals surface area contributed by atoms with Gasteiger partial charge in [0, 0.05) is 17.5 Å². The normalized spacial score (nSPS) is 10.8. The molecule has 0 spiro atoms. The monoisotopic (exact) mass is 398 g/mol. The molecule has 10 heteroatoms. The van der Waals surface area contributed by atoms with Crippen molar-refractivity contribution in [3.05, 3.63) is 64.4 Å². The summed E-state index contributed by atoms with van der Waals surface area (Å²) in [6, 6.07) is 13.3. The van der Waals surface area contributed by atoms with Crippen molar-refractivity contribution in [2.24, 2.45) is 0 Å². The van der Waals surface area contributed by atoms with E-state index in [9.17, 15) is 14.9 Å². The first-order valence-electron chi connectivity index (χ1n) is 7.65. The average Bonchev–Trinajstić information content (AvgIpc) is 3.23. The van der Waals surface area contributed by atoms with Gasteiger partial charge in [0.15, 0.2) is 16.0 Å². The van der Waals surface area contributed by atoms with Crippen molar-refractivity contribution in [3.63, 3.8) is 0 Å². The third-order valence-electron chi connectivity index (χ3n) is 3.68. The van der Waals surface area contributed by atoms with E-state index in [0.717, 1.165) is 5.39 Å². The summed E-state index contributed by atoms with van der Waals surface area (Å²) < 4.78 is 6.13. The van der Waals surface area contributed by atoms with Gasteiger partial charge in [-0.05, 0) is 30.4 Å². The standard InChI is InChI=1S/C17H10N4O4S2/c22-15(13-7-9-3-1-2-4-12(9)25-13)19-16(26)20-17-18-11-6-5-10(21(23)24)8-14(11)27-17/h1-8H,(H2,18,19,20,22,26). The lowest BCUT2D eigenvalue weighted by Gasteiger charge is -2.04. The fraction of sp³-hybridized carbons (Fsp3) is 0. The van der Waals surface area contributed by atoms with Crippen LogP contribution >= 0.6 is 23.6 Å². The van der Waals surface area contributed by atoms with Crippen LogP contribution in [0.25, 0.3) is 21.2 Å². The molecular formula is C17H10N4O4S2. The predicted molar refractivity (Wildman–Crippen MR) is 106 cm³/mol. The number of hydrogen-bond donors (Lipinski definition) is 2. The fourth-order valence-electron chi connectivity index (χ4n) is 2.47. The van der Waals surface area contributed by atoms with Crippen LogP contribution < -0.4 is 10.6 Å². The lowest BCUT2D eigenvalue weighted by Crippen LogP contribution is -2.33. The predicted octanol–water partition coefficient (Wildman–Crippen LogP) is 4.08. The van der Waals surface area contributed by atoms with Gasteiger partial charge in [0.05, 0.1) is 15.1 Å². The number of fused-ring (bicyclic) bond motifs is 2. The van der Waals surface area contributed by atoms with E-state index in [1.807, 2.05) is 18.2 Å². The first kappa shape index (κ1) is 17.1. The van der Waals surface area contributed by atoms with Crippen LogP contribution in [-0.4, -0.2) is 20.9 Å². The number of benzene rings is 2. The largest absolute Gasteiger partial charge is 0.451 e. The number of nitro groups is 1. The van der Waals surface area contributed by atoms with Crippen molar-refractivity contribution in [3.8, 4) is 0 Å². The van der Waals surface area contributed by atoms with E-state index in [4.69, 9.17) is 16.6 Å². The number of carbonyl (C=O) groups is 1. The van der Waals surface area contributed by atoms with Crippen molar-refractivity contribution < 1.29 is 14.1 Å². The Kier molecular flexibility index (Phi) is 4.26. The number of furan rings is 1. The Hall–Kier alpha value is -3.37. The second-order valence-electron chi connectivity index (χ2n) is 5.48. The Labute approximate surface area is 161 Å². The minimum atomic E-state index is -0.486. The van der Waals surface area contributed by atoms with Crippen LogP contribution in [0, 0.1) is 10.1 Å². The van der Waals surface area contributed by atoms with Gasteiger partial charge in [0.25, 0.3) is 11.6 Å². The van der Waals surface area contributed by atoms with E-state index >= 15 is 0 Å². The molecule has 0 fully saturated rings. The molecular weight excluding hydrogens is 388 g/mol. The second kappa shape index (κ2) is 6.74. The van der Waals surface area contributed by atoms with Gasteiger partial charge >= 0.3 is 0 Å². The van der Waals surface area contributed by atoms with Crippen molar-refractivity contribution >= 4 is 66.6 Å². The number of carbonyl (C=O) groups excluding carboxylic acids is 1. The van der Waals surface area contributed by atoms with Gasteiger partial charge in [-0.25, -0.2) is 4.98 Å². The molecule has 134 valence electrons. The molecule has 0 saturated carbocycles. The van der Waals surface area contributed by atoms with Gasteiger partial charge < -0.3 is 9.73 Å². The maximum atomic E-state index is 12.3. The number of para-hydroxylation sites is 1. The third-order valence-corrected chi connectivity index (χ3v) is 4.82. The lowest BCUT2D eigenvalue weighted by molar-refractivity contribution is -0.384. The molecule has 0 aliphatic carbocycles. The Morgan fingerprint density at radius 1 is 1.22 bits per heavy atom. The highest BCUT2D eigenvalue weighted by Crippen LogP contribution is 2.29. The van der Waals surface area contributed by atoms with Crippen LogP contribution in [0.3, 0.4) is 0 Å². The first-order valence-corrected chi connectivity index (χ1v) is 8.88. The molecule has 0 atom stereocenters. The number of amides is 1. The molecule has 2 aromatic heterocycles. The van der Waals surface area contributed by atoms with Crippen LogP contribution in [0.1, 0.15) is 10.6 Å². The molecule has 0 aliphatic rings. The molecule has 0 saturated heterocycles. The van der Waals surface area contributed by atoms with Gasteiger partial charge in [0.2, 0.25) is 0 Å². The number of nitrogens with one attached hydrogen (secondary N) is 2. The number of nitrogens with zero attached hydrogens (tertiary/aromatic N) is 2. The summed E-state index contributed by atoms with van der Waals surface area (Å²) in [6.45, 7) is 0. The Bertz CT molecular complexity index is 1180. The molecule has 8 nitrogen and oxygen atoms in total. The summed E-state index contributed by atoms with van der Waals surface area (Å²) in [4.78, 5) is 27.0. The molecule has 27 heavy (non-hydrogen) atoms. The van der Waals surface area contributed by atoms with Gasteiger partial charge in [-0.3, -0.25) is 20.2 Å². The van der Waals surface area contributed by atoms with Crippen LogP contribution in [0.15, 0.2) is 52.9 Å². The molecule has 0 bridgehead atoms. The van der Waals surface area contributed by atoms with E-state index in [0.29, 0.717) is 20.9 Å². The smallest absolute Gasteiger partial charge is 0.293 e. The Morgan fingerprint density at radius 2 is 2.04 bits per heavy atom. The number of non-ortho nitro benzene ring substituents is 1. The van der Waals surface area contributed by atoms with Crippen molar-refractivity contribution in [2.45, 2.75) is 0 Å². The van der Waals surface area contributed by atoms with Crippen molar-refractivity contribution in [1.29, 1.82) is 0 Å². The summed E-state index contributed by atoms with van der Waals surface area (Å²) >= 11 is 6.33. The number of anilines is 1. The molecule has 0 aliphatic heterocycles. The van der Waals surface area contributed by atoms with Crippen molar-refractivity contribution in [1.82, 2.24) is 10.3 Å². The van der Waals surface area contributed by atoms with Gasteiger partial charge in [-0.1, -0.05) is 29.5 Å². The fourth-order valence-corrected chi connectivity index (χ4v) is 3.62. The SMILES string of the molecule is O=C(NC(=S)Nc1nc2ccc([N+](=O)[O-])cc2s1)c1cc2ccccc2o1. The molecule has 0 unspecified atom stereocenters. The topological polar surface area (TPSA) is 110 Å². The average molecular weight is 398 g/mol. The minimum Gasteiger partial charge on any atom is -0.451 e. The Morgan fingerprint density at radius 3 is 2.81 bits per heavy atom. The highest BCUT2D eigenvalue weighted by atomic mass is 32.1. The number of thiocarbonyl (C=S) groups is 1. The summed E-state index contributed by atoms with van der Waals surface area (Å²) in [5.41, 5.74) is 1.19. The van der Waals surface area contributed by atoms with E-state index in [1.54, 1.807) is 18.2 Å². The Balaban J connectivity index is 1.47. The van der Waals surface area contributed by atoms with E-state index in [2.05, 4.69) is 15.6 Å². The zero-order valence-electron chi connectivity index (χ0n) is 13.5. The first-order chi connectivity index (χ1) is 13.0. The van der Waals surface area contributed by atoms with Crippen LogP contribution in [0.4, 0.5) is 10.8 Å². The number of aromatic nitrogens is 1. The van der Waals surface area contributed by atoms with Gasteiger partial charge in [0.1, 0.15) is 5.58 Å². The number of hydrogen-bond acceptors (Lipinski definition) is 7. The molecule has 4 rings (SSSR count). The van der Waals surface area contributed by atoms with Crippen LogP contribution in [0.5, 0.6) is 0 Å². The highest BCUT2D eigenvalue weighted by Gasteiger charge is 2.15. The summed E-state index contributed by atoms with van der Waals surface area (Å²) in [5.74, 6) is -0.347. The number of rotatable bonds is 3. The minimum absolute atomic E-state index is 0.0153. The number of thiazole rings is 1. The molecule has 2 N–H and O–H groups in total. The van der Waals surface area contributed by atoms with Gasteiger partial charge in [-0.2, -0.15) is 0 Å². The zero-order chi connectivity index (χ0) is 19.0.